The molecule has 0 aliphatic carbocycles. The first-order chi connectivity index (χ1) is 8.31. The number of hydrogen-bond donors (Lipinski definition) is 0. The number of nitrogens with zero attached hydrogens (tertiary/aromatic N) is 2. The molecular formula is C14H18N2O. The van der Waals surface area contributed by atoms with E-state index in [0.717, 1.165) is 32.6 Å². The molecule has 2 saturated heterocycles. The van der Waals surface area contributed by atoms with Crippen LogP contribution in [0.5, 0.6) is 0 Å². The number of piperazine rings is 1. The molecule has 2 fully saturated rings. The van der Waals surface area contributed by atoms with E-state index in [0.29, 0.717) is 18.4 Å². The molecule has 2 aliphatic heterocycles. The molecule has 3 rings (SSSR count). The van der Waals surface area contributed by atoms with Gasteiger partial charge in [0.15, 0.2) is 0 Å². The van der Waals surface area contributed by atoms with E-state index in [-0.39, 0.29) is 0 Å². The van der Waals surface area contributed by atoms with Crippen LogP contribution in [-0.2, 0) is 11.3 Å². The third kappa shape index (κ3) is 2.40. The zero-order valence-electron chi connectivity index (χ0n) is 10.0. The Labute approximate surface area is 102 Å². The summed E-state index contributed by atoms with van der Waals surface area (Å²) in [5.74, 6) is 0.413. The van der Waals surface area contributed by atoms with Crippen molar-refractivity contribution in [3.8, 4) is 0 Å². The summed E-state index contributed by atoms with van der Waals surface area (Å²) in [6, 6.07) is 11.0. The minimum atomic E-state index is 0.413. The van der Waals surface area contributed by atoms with Crippen LogP contribution in [0.4, 0.5) is 0 Å². The number of Topliss-reactive ketones (excluding diaryl/α,β-unsaturated/α-hetero) is 1. The number of hydrogen-bond acceptors (Lipinski definition) is 3. The molecule has 90 valence electrons. The van der Waals surface area contributed by atoms with Gasteiger partial charge in [-0.1, -0.05) is 30.3 Å². The summed E-state index contributed by atoms with van der Waals surface area (Å²) in [6.07, 6.45) is 0.755. The molecule has 3 heteroatoms. The van der Waals surface area contributed by atoms with Gasteiger partial charge < -0.3 is 0 Å². The lowest BCUT2D eigenvalue weighted by atomic mass is 10.1. The van der Waals surface area contributed by atoms with Crippen molar-refractivity contribution in [2.24, 2.45) is 0 Å². The number of carbonyl (C=O) groups is 1. The topological polar surface area (TPSA) is 23.6 Å². The van der Waals surface area contributed by atoms with Crippen LogP contribution in [-0.4, -0.2) is 47.8 Å². The average Bonchev–Trinajstić information content (AvgIpc) is 2.70. The SMILES string of the molecule is O=C1C[C@H]2CN(Cc3ccccc3)CCN2C1. The Hall–Kier alpha value is -1.19. The Morgan fingerprint density at radius 1 is 1.18 bits per heavy atom. The van der Waals surface area contributed by atoms with Crippen molar-refractivity contribution in [2.45, 2.75) is 19.0 Å². The van der Waals surface area contributed by atoms with Crippen molar-refractivity contribution in [1.82, 2.24) is 9.80 Å². The van der Waals surface area contributed by atoms with Gasteiger partial charge in [0.25, 0.3) is 0 Å². The maximum absolute atomic E-state index is 11.4. The molecule has 0 N–H and O–H groups in total. The van der Waals surface area contributed by atoms with Crippen LogP contribution < -0.4 is 0 Å². The van der Waals surface area contributed by atoms with Crippen LogP contribution in [0, 0.1) is 0 Å². The normalized spacial score (nSPS) is 26.1. The standard InChI is InChI=1S/C14H18N2O/c17-14-8-13-10-15(6-7-16(13)11-14)9-12-4-2-1-3-5-12/h1-5,13H,6-11H2/t13-/m0/s1. The Bertz CT molecular complexity index is 404. The highest BCUT2D eigenvalue weighted by Crippen LogP contribution is 2.20. The Kier molecular flexibility index (Phi) is 2.95. The van der Waals surface area contributed by atoms with Gasteiger partial charge >= 0.3 is 0 Å². The van der Waals surface area contributed by atoms with E-state index in [1.54, 1.807) is 0 Å². The molecule has 0 amide bonds. The zero-order chi connectivity index (χ0) is 11.7. The number of fused-ring (bicyclic) bond motifs is 1. The third-order valence-corrected chi connectivity index (χ3v) is 3.78. The Morgan fingerprint density at radius 2 is 2.00 bits per heavy atom. The number of ketones is 1. The van der Waals surface area contributed by atoms with Crippen molar-refractivity contribution in [3.63, 3.8) is 0 Å². The molecule has 3 nitrogen and oxygen atoms in total. The maximum Gasteiger partial charge on any atom is 0.148 e. The van der Waals surface area contributed by atoms with Crippen molar-refractivity contribution in [3.05, 3.63) is 35.9 Å². The first kappa shape index (κ1) is 10.9. The second kappa shape index (κ2) is 4.59. The van der Waals surface area contributed by atoms with Crippen LogP contribution in [0.3, 0.4) is 0 Å². The van der Waals surface area contributed by atoms with E-state index in [1.807, 2.05) is 0 Å². The van der Waals surface area contributed by atoms with Gasteiger partial charge in [0.1, 0.15) is 5.78 Å². The fourth-order valence-corrected chi connectivity index (χ4v) is 2.90. The fourth-order valence-electron chi connectivity index (χ4n) is 2.90. The Morgan fingerprint density at radius 3 is 2.82 bits per heavy atom. The predicted molar refractivity (Wildman–Crippen MR) is 66.7 cm³/mol. The van der Waals surface area contributed by atoms with E-state index in [9.17, 15) is 4.79 Å². The quantitative estimate of drug-likeness (QED) is 0.761. The van der Waals surface area contributed by atoms with Crippen molar-refractivity contribution in [1.29, 1.82) is 0 Å². The van der Waals surface area contributed by atoms with Crippen LogP contribution in [0.25, 0.3) is 0 Å². The van der Waals surface area contributed by atoms with E-state index in [1.165, 1.54) is 5.56 Å². The second-order valence-corrected chi connectivity index (χ2v) is 5.09. The summed E-state index contributed by atoms with van der Waals surface area (Å²) < 4.78 is 0. The lowest BCUT2D eigenvalue weighted by molar-refractivity contribution is -0.116. The molecule has 0 saturated carbocycles. The molecule has 1 aromatic rings. The maximum atomic E-state index is 11.4. The van der Waals surface area contributed by atoms with E-state index >= 15 is 0 Å². The molecule has 0 unspecified atom stereocenters. The van der Waals surface area contributed by atoms with Gasteiger partial charge in [-0.2, -0.15) is 0 Å². The van der Waals surface area contributed by atoms with E-state index in [2.05, 4.69) is 40.1 Å². The van der Waals surface area contributed by atoms with Gasteiger partial charge in [0.05, 0.1) is 6.54 Å². The van der Waals surface area contributed by atoms with Crippen LogP contribution >= 0.6 is 0 Å². The first-order valence-corrected chi connectivity index (χ1v) is 6.33. The predicted octanol–water partition coefficient (Wildman–Crippen LogP) is 1.15. The van der Waals surface area contributed by atoms with Crippen molar-refractivity contribution >= 4 is 5.78 Å². The average molecular weight is 230 g/mol. The molecule has 1 atom stereocenters. The van der Waals surface area contributed by atoms with Gasteiger partial charge in [0.2, 0.25) is 0 Å². The highest BCUT2D eigenvalue weighted by Gasteiger charge is 2.34. The lowest BCUT2D eigenvalue weighted by Crippen LogP contribution is -2.49. The van der Waals surface area contributed by atoms with Gasteiger partial charge in [-0.15, -0.1) is 0 Å². The first-order valence-electron chi connectivity index (χ1n) is 6.33. The van der Waals surface area contributed by atoms with Gasteiger partial charge in [0, 0.05) is 38.6 Å². The molecular weight excluding hydrogens is 212 g/mol. The van der Waals surface area contributed by atoms with Gasteiger partial charge in [-0.05, 0) is 5.56 Å². The van der Waals surface area contributed by atoms with Crippen molar-refractivity contribution < 1.29 is 4.79 Å². The molecule has 1 aromatic carbocycles. The minimum Gasteiger partial charge on any atom is -0.298 e. The van der Waals surface area contributed by atoms with Gasteiger partial charge in [-0.3, -0.25) is 14.6 Å². The van der Waals surface area contributed by atoms with Crippen LogP contribution in [0.2, 0.25) is 0 Å². The van der Waals surface area contributed by atoms with E-state index < -0.39 is 0 Å². The van der Waals surface area contributed by atoms with Crippen LogP contribution in [0.1, 0.15) is 12.0 Å². The molecule has 17 heavy (non-hydrogen) atoms. The van der Waals surface area contributed by atoms with E-state index in [4.69, 9.17) is 0 Å². The summed E-state index contributed by atoms with van der Waals surface area (Å²) in [6.45, 7) is 4.87. The summed E-state index contributed by atoms with van der Waals surface area (Å²) in [4.78, 5) is 16.2. The smallest absolute Gasteiger partial charge is 0.148 e. The molecule has 2 heterocycles. The lowest BCUT2D eigenvalue weighted by Gasteiger charge is -2.36. The third-order valence-electron chi connectivity index (χ3n) is 3.78. The highest BCUT2D eigenvalue weighted by atomic mass is 16.1. The Balaban J connectivity index is 1.61. The summed E-state index contributed by atoms with van der Waals surface area (Å²) in [5, 5.41) is 0. The molecule has 0 radical (unpaired) electrons. The fraction of sp³-hybridized carbons (Fsp3) is 0.500. The highest BCUT2D eigenvalue weighted by molar-refractivity contribution is 5.83. The summed E-state index contributed by atoms with van der Waals surface area (Å²) in [7, 11) is 0. The molecule has 0 bridgehead atoms. The largest absolute Gasteiger partial charge is 0.298 e. The number of benzene rings is 1. The molecule has 2 aliphatic rings. The molecule has 0 spiro atoms. The van der Waals surface area contributed by atoms with Crippen LogP contribution in [0.15, 0.2) is 30.3 Å². The van der Waals surface area contributed by atoms with Gasteiger partial charge in [-0.25, -0.2) is 0 Å². The monoisotopic (exact) mass is 230 g/mol. The molecule has 0 aromatic heterocycles. The second-order valence-electron chi connectivity index (χ2n) is 5.09. The minimum absolute atomic E-state index is 0.413. The number of carbonyl (C=O) groups excluding carboxylic acids is 1. The summed E-state index contributed by atoms with van der Waals surface area (Å²) >= 11 is 0. The zero-order valence-corrected chi connectivity index (χ0v) is 10.0. The van der Waals surface area contributed by atoms with Crippen molar-refractivity contribution in [2.75, 3.05) is 26.2 Å². The summed E-state index contributed by atoms with van der Waals surface area (Å²) in [5.41, 5.74) is 1.37. The number of rotatable bonds is 2.